The number of aliphatic hydroxyl groups is 1. The number of hydrogen-bond donors (Lipinski definition) is 2. The smallest absolute Gasteiger partial charge is 0.321 e. The molecule has 5 nitrogen and oxygen atoms in total. The Morgan fingerprint density at radius 1 is 1.43 bits per heavy atom. The Kier molecular flexibility index (Phi) is 5.20. The Bertz CT molecular complexity index is 503. The largest absolute Gasteiger partial charge is 0.493 e. The molecule has 2 atom stereocenters. The second kappa shape index (κ2) is 6.91. The highest BCUT2D eigenvalue weighted by Gasteiger charge is 2.35. The number of carboxylic acid groups (broad SMARTS) is 1. The molecule has 1 aromatic carbocycles. The number of carbonyl (C=O) groups is 1. The van der Waals surface area contributed by atoms with Gasteiger partial charge in [-0.25, -0.2) is 0 Å². The third-order valence-corrected chi connectivity index (χ3v) is 3.86. The van der Waals surface area contributed by atoms with Crippen LogP contribution in [0, 0.1) is 13.8 Å². The summed E-state index contributed by atoms with van der Waals surface area (Å²) in [6.45, 7) is 5.63. The van der Waals surface area contributed by atoms with Crippen LogP contribution in [0.3, 0.4) is 0 Å². The average molecular weight is 293 g/mol. The zero-order valence-electron chi connectivity index (χ0n) is 12.6. The van der Waals surface area contributed by atoms with Crippen molar-refractivity contribution in [2.24, 2.45) is 0 Å². The maximum absolute atomic E-state index is 11.1. The van der Waals surface area contributed by atoms with Crippen molar-refractivity contribution in [1.82, 2.24) is 4.90 Å². The van der Waals surface area contributed by atoms with Crippen LogP contribution in [0.15, 0.2) is 18.2 Å². The van der Waals surface area contributed by atoms with Gasteiger partial charge in [0.2, 0.25) is 0 Å². The Morgan fingerprint density at radius 2 is 2.19 bits per heavy atom. The Hall–Kier alpha value is -1.59. The number of aryl methyl sites for hydroxylation is 2. The molecule has 0 bridgehead atoms. The minimum atomic E-state index is -0.859. The summed E-state index contributed by atoms with van der Waals surface area (Å²) in [5.74, 6) is 0.0215. The Labute approximate surface area is 125 Å². The molecule has 0 spiro atoms. The van der Waals surface area contributed by atoms with E-state index in [1.54, 1.807) is 0 Å². The highest BCUT2D eigenvalue weighted by atomic mass is 16.5. The first-order chi connectivity index (χ1) is 9.97. The van der Waals surface area contributed by atoms with Gasteiger partial charge in [-0.05, 0) is 37.5 Å². The highest BCUT2D eigenvalue weighted by Crippen LogP contribution is 2.20. The van der Waals surface area contributed by atoms with Crippen molar-refractivity contribution < 1.29 is 19.7 Å². The SMILES string of the molecule is Cc1ccc(C)c(OCCCN2CC(O)CC2C(=O)O)c1. The van der Waals surface area contributed by atoms with E-state index in [4.69, 9.17) is 9.84 Å². The molecule has 2 N–H and O–H groups in total. The molecule has 2 rings (SSSR count). The number of nitrogens with zero attached hydrogens (tertiary/aromatic N) is 1. The minimum absolute atomic E-state index is 0.313. The molecule has 1 aromatic rings. The van der Waals surface area contributed by atoms with Crippen LogP contribution in [0.1, 0.15) is 24.0 Å². The van der Waals surface area contributed by atoms with Gasteiger partial charge in [-0.15, -0.1) is 0 Å². The van der Waals surface area contributed by atoms with Gasteiger partial charge in [0.1, 0.15) is 11.8 Å². The fourth-order valence-electron chi connectivity index (χ4n) is 2.70. The van der Waals surface area contributed by atoms with E-state index in [1.807, 2.05) is 36.9 Å². The van der Waals surface area contributed by atoms with E-state index < -0.39 is 18.1 Å². The van der Waals surface area contributed by atoms with Crippen molar-refractivity contribution >= 4 is 5.97 Å². The molecular formula is C16H23NO4. The van der Waals surface area contributed by atoms with Crippen LogP contribution in [0.4, 0.5) is 0 Å². The Balaban J connectivity index is 1.79. The number of likely N-dealkylation sites (tertiary alicyclic amines) is 1. The lowest BCUT2D eigenvalue weighted by Gasteiger charge is -2.20. The first-order valence-corrected chi connectivity index (χ1v) is 7.32. The van der Waals surface area contributed by atoms with Gasteiger partial charge >= 0.3 is 5.97 Å². The number of ether oxygens (including phenoxy) is 1. The fourth-order valence-corrected chi connectivity index (χ4v) is 2.70. The molecule has 2 unspecified atom stereocenters. The van der Waals surface area contributed by atoms with Gasteiger partial charge in [-0.1, -0.05) is 12.1 Å². The molecule has 0 amide bonds. The molecule has 21 heavy (non-hydrogen) atoms. The van der Waals surface area contributed by atoms with Crippen LogP contribution >= 0.6 is 0 Å². The molecule has 0 aromatic heterocycles. The van der Waals surface area contributed by atoms with Crippen LogP contribution in [0.2, 0.25) is 0 Å². The van der Waals surface area contributed by atoms with Gasteiger partial charge in [0.25, 0.3) is 0 Å². The van der Waals surface area contributed by atoms with E-state index in [2.05, 4.69) is 0 Å². The number of aliphatic hydroxyl groups excluding tert-OH is 1. The summed E-state index contributed by atoms with van der Waals surface area (Å²) in [6.07, 6.45) is 0.517. The van der Waals surface area contributed by atoms with Crippen molar-refractivity contribution in [3.8, 4) is 5.75 Å². The highest BCUT2D eigenvalue weighted by molar-refractivity contribution is 5.74. The molecule has 0 saturated carbocycles. The topological polar surface area (TPSA) is 70.0 Å². The maximum Gasteiger partial charge on any atom is 0.321 e. The van der Waals surface area contributed by atoms with Crippen LogP contribution in [-0.2, 0) is 4.79 Å². The first kappa shape index (κ1) is 15.8. The molecule has 1 aliphatic heterocycles. The summed E-state index contributed by atoms with van der Waals surface area (Å²) >= 11 is 0. The van der Waals surface area contributed by atoms with Crippen molar-refractivity contribution in [3.63, 3.8) is 0 Å². The third-order valence-electron chi connectivity index (χ3n) is 3.86. The predicted octanol–water partition coefficient (Wildman–Crippen LogP) is 1.59. The second-order valence-electron chi connectivity index (χ2n) is 5.71. The van der Waals surface area contributed by atoms with E-state index in [9.17, 15) is 9.90 Å². The molecule has 1 heterocycles. The number of benzene rings is 1. The molecule has 0 aliphatic carbocycles. The van der Waals surface area contributed by atoms with Crippen molar-refractivity contribution in [3.05, 3.63) is 29.3 Å². The number of hydrogen-bond acceptors (Lipinski definition) is 4. The van der Waals surface area contributed by atoms with Crippen molar-refractivity contribution in [2.45, 2.75) is 38.8 Å². The molecule has 1 fully saturated rings. The predicted molar refractivity (Wildman–Crippen MR) is 79.6 cm³/mol. The first-order valence-electron chi connectivity index (χ1n) is 7.32. The van der Waals surface area contributed by atoms with E-state index in [0.29, 0.717) is 26.1 Å². The number of carboxylic acids is 1. The lowest BCUT2D eigenvalue weighted by atomic mass is 10.1. The second-order valence-corrected chi connectivity index (χ2v) is 5.71. The van der Waals surface area contributed by atoms with Crippen LogP contribution in [0.5, 0.6) is 5.75 Å². The quantitative estimate of drug-likeness (QED) is 0.780. The van der Waals surface area contributed by atoms with E-state index in [0.717, 1.165) is 23.3 Å². The summed E-state index contributed by atoms with van der Waals surface area (Å²) in [5.41, 5.74) is 2.25. The maximum atomic E-state index is 11.1. The normalized spacial score (nSPS) is 22.4. The van der Waals surface area contributed by atoms with Crippen LogP contribution in [0.25, 0.3) is 0 Å². The monoisotopic (exact) mass is 293 g/mol. The van der Waals surface area contributed by atoms with Crippen LogP contribution in [-0.4, -0.2) is 52.9 Å². The van der Waals surface area contributed by atoms with Crippen molar-refractivity contribution in [1.29, 1.82) is 0 Å². The van der Waals surface area contributed by atoms with Gasteiger partial charge in [-0.2, -0.15) is 0 Å². The van der Waals surface area contributed by atoms with Gasteiger partial charge < -0.3 is 14.9 Å². The molecule has 1 aliphatic rings. The van der Waals surface area contributed by atoms with Crippen LogP contribution < -0.4 is 4.74 Å². The van der Waals surface area contributed by atoms with E-state index in [-0.39, 0.29) is 0 Å². The zero-order chi connectivity index (χ0) is 15.4. The Morgan fingerprint density at radius 3 is 2.90 bits per heavy atom. The summed E-state index contributed by atoms with van der Waals surface area (Å²) in [7, 11) is 0. The number of aliphatic carboxylic acids is 1. The fraction of sp³-hybridized carbons (Fsp3) is 0.562. The third kappa shape index (κ3) is 4.19. The molecular weight excluding hydrogens is 270 g/mol. The molecule has 1 saturated heterocycles. The number of rotatable bonds is 6. The van der Waals surface area contributed by atoms with E-state index in [1.165, 1.54) is 0 Å². The summed E-state index contributed by atoms with van der Waals surface area (Å²) in [6, 6.07) is 5.52. The zero-order valence-corrected chi connectivity index (χ0v) is 12.6. The van der Waals surface area contributed by atoms with E-state index >= 15 is 0 Å². The summed E-state index contributed by atoms with van der Waals surface area (Å²) in [4.78, 5) is 12.9. The lowest BCUT2D eigenvalue weighted by Crippen LogP contribution is -2.37. The van der Waals surface area contributed by atoms with Gasteiger partial charge in [-0.3, -0.25) is 9.69 Å². The lowest BCUT2D eigenvalue weighted by molar-refractivity contribution is -0.142. The molecule has 5 heteroatoms. The standard InChI is InChI=1S/C16H23NO4/c1-11-4-5-12(2)15(8-11)21-7-3-6-17-10-13(18)9-14(17)16(19)20/h4-5,8,13-14,18H,3,6-7,9-10H2,1-2H3,(H,19,20). The average Bonchev–Trinajstić information content (AvgIpc) is 2.80. The minimum Gasteiger partial charge on any atom is -0.493 e. The number of β-amino-alcohol motifs (C(OH)–C–C–N with tert-alkyl or cyclic N) is 1. The van der Waals surface area contributed by atoms with Crippen molar-refractivity contribution in [2.75, 3.05) is 19.7 Å². The van der Waals surface area contributed by atoms with Gasteiger partial charge in [0, 0.05) is 19.5 Å². The molecule has 116 valence electrons. The summed E-state index contributed by atoms with van der Waals surface area (Å²) in [5, 5.41) is 18.7. The van der Waals surface area contributed by atoms with Gasteiger partial charge in [0.15, 0.2) is 0 Å². The summed E-state index contributed by atoms with van der Waals surface area (Å²) < 4.78 is 5.76. The van der Waals surface area contributed by atoms with Gasteiger partial charge in [0.05, 0.1) is 12.7 Å². The molecule has 0 radical (unpaired) electrons.